The molecule has 2 aromatic carbocycles. The number of anilines is 1. The quantitative estimate of drug-likeness (QED) is 0.426. The van der Waals surface area contributed by atoms with Crippen molar-refractivity contribution < 1.29 is 9.59 Å². The van der Waals surface area contributed by atoms with Crippen LogP contribution in [-0.4, -0.2) is 23.4 Å². The van der Waals surface area contributed by atoms with E-state index in [4.69, 9.17) is 5.26 Å². The second-order valence-electron chi connectivity index (χ2n) is 9.93. The number of nitrogens with one attached hydrogen (secondary N) is 3. The molecule has 0 bridgehead atoms. The number of hydrogen-bond donors (Lipinski definition) is 3. The van der Waals surface area contributed by atoms with Crippen molar-refractivity contribution in [1.29, 1.82) is 5.26 Å². The van der Waals surface area contributed by atoms with Crippen LogP contribution in [0.5, 0.6) is 0 Å². The Bertz CT molecular complexity index is 1020. The van der Waals surface area contributed by atoms with Gasteiger partial charge in [-0.3, -0.25) is 14.3 Å². The minimum absolute atomic E-state index is 0.00510. The first-order chi connectivity index (χ1) is 16.2. The van der Waals surface area contributed by atoms with Gasteiger partial charge in [0.1, 0.15) is 6.04 Å². The Hall–Kier alpha value is -2.82. The van der Waals surface area contributed by atoms with E-state index in [0.29, 0.717) is 29.2 Å². The van der Waals surface area contributed by atoms with E-state index in [1.807, 2.05) is 24.3 Å². The average Bonchev–Trinajstić information content (AvgIpc) is 2.83. The summed E-state index contributed by atoms with van der Waals surface area (Å²) in [6, 6.07) is 15.6. The second kappa shape index (κ2) is 12.0. The molecule has 0 spiro atoms. The molecular weight excluding hydrogens is 444 g/mol. The Morgan fingerprint density at radius 3 is 2.44 bits per heavy atom. The highest BCUT2D eigenvalue weighted by Crippen LogP contribution is 2.28. The van der Waals surface area contributed by atoms with E-state index in [0.717, 1.165) is 17.7 Å². The Balaban J connectivity index is 1.68. The summed E-state index contributed by atoms with van der Waals surface area (Å²) in [5.41, 5.74) is 1.49. The van der Waals surface area contributed by atoms with Crippen molar-refractivity contribution in [2.45, 2.75) is 75.8 Å². The molecule has 0 saturated heterocycles. The minimum Gasteiger partial charge on any atom is -0.340 e. The smallest absolute Gasteiger partial charge is 0.251 e. The van der Waals surface area contributed by atoms with E-state index in [9.17, 15) is 9.59 Å². The van der Waals surface area contributed by atoms with Gasteiger partial charge in [0.25, 0.3) is 5.91 Å². The average molecular weight is 479 g/mol. The molecule has 34 heavy (non-hydrogen) atoms. The maximum absolute atomic E-state index is 13.2. The molecule has 0 aromatic heterocycles. The molecule has 0 heterocycles. The standard InChI is InChI=1S/C27H34N4O2S/c1-27(2,3)31-34-23-14-12-22(13-15-23)29-26(33)24(17-19-8-5-4-6-9-19)30-25(32)21-11-7-10-20(16-21)18-28/h7,10-16,19,24,31H,4-6,8-9,17H2,1-3H3,(H,29,33)(H,30,32). The van der Waals surface area contributed by atoms with Gasteiger partial charge in [-0.1, -0.05) is 38.2 Å². The summed E-state index contributed by atoms with van der Waals surface area (Å²) in [6.07, 6.45) is 6.33. The fourth-order valence-electron chi connectivity index (χ4n) is 4.01. The van der Waals surface area contributed by atoms with Gasteiger partial charge in [0.15, 0.2) is 0 Å². The van der Waals surface area contributed by atoms with E-state index in [1.54, 1.807) is 36.2 Å². The molecule has 0 aliphatic heterocycles. The summed E-state index contributed by atoms with van der Waals surface area (Å²) >= 11 is 1.55. The van der Waals surface area contributed by atoms with Gasteiger partial charge in [0.05, 0.1) is 11.6 Å². The Morgan fingerprint density at radius 2 is 1.79 bits per heavy atom. The van der Waals surface area contributed by atoms with Crippen LogP contribution in [-0.2, 0) is 4.79 Å². The van der Waals surface area contributed by atoms with Crippen molar-refractivity contribution in [2.24, 2.45) is 5.92 Å². The number of hydrogen-bond acceptors (Lipinski definition) is 5. The number of carbonyl (C=O) groups is 2. The van der Waals surface area contributed by atoms with Crippen LogP contribution in [0.2, 0.25) is 0 Å². The van der Waals surface area contributed by atoms with E-state index >= 15 is 0 Å². The lowest BCUT2D eigenvalue weighted by Gasteiger charge is -2.26. The molecule has 1 atom stereocenters. The van der Waals surface area contributed by atoms with Gasteiger partial charge in [-0.05, 0) is 87.5 Å². The van der Waals surface area contributed by atoms with E-state index in [2.05, 4.69) is 42.2 Å². The number of rotatable bonds is 8. The second-order valence-corrected chi connectivity index (χ2v) is 10.8. The number of benzene rings is 2. The van der Waals surface area contributed by atoms with Crippen molar-refractivity contribution >= 4 is 29.4 Å². The molecule has 1 aliphatic rings. The van der Waals surface area contributed by atoms with Gasteiger partial charge >= 0.3 is 0 Å². The molecule has 3 rings (SSSR count). The zero-order chi connectivity index (χ0) is 24.6. The van der Waals surface area contributed by atoms with Crippen LogP contribution >= 0.6 is 11.9 Å². The van der Waals surface area contributed by atoms with Crippen molar-refractivity contribution in [3.8, 4) is 6.07 Å². The summed E-state index contributed by atoms with van der Waals surface area (Å²) in [7, 11) is 0. The third-order valence-electron chi connectivity index (χ3n) is 5.77. The molecule has 3 N–H and O–H groups in total. The third-order valence-corrected chi connectivity index (χ3v) is 6.99. The lowest BCUT2D eigenvalue weighted by molar-refractivity contribution is -0.118. The van der Waals surface area contributed by atoms with Crippen LogP contribution in [0.4, 0.5) is 5.69 Å². The maximum Gasteiger partial charge on any atom is 0.251 e. The zero-order valence-corrected chi connectivity index (χ0v) is 21.0. The van der Waals surface area contributed by atoms with Crippen LogP contribution in [0.3, 0.4) is 0 Å². The molecule has 1 aliphatic carbocycles. The number of amides is 2. The summed E-state index contributed by atoms with van der Waals surface area (Å²) in [6.45, 7) is 6.31. The fraction of sp³-hybridized carbons (Fsp3) is 0.444. The minimum atomic E-state index is -0.641. The van der Waals surface area contributed by atoms with Crippen LogP contribution < -0.4 is 15.4 Å². The maximum atomic E-state index is 13.2. The van der Waals surface area contributed by atoms with Gasteiger partial charge in [-0.25, -0.2) is 0 Å². The van der Waals surface area contributed by atoms with E-state index in [-0.39, 0.29) is 17.4 Å². The molecular formula is C27H34N4O2S. The van der Waals surface area contributed by atoms with Crippen molar-refractivity contribution in [3.63, 3.8) is 0 Å². The summed E-state index contributed by atoms with van der Waals surface area (Å²) in [5, 5.41) is 15.0. The molecule has 7 heteroatoms. The highest BCUT2D eigenvalue weighted by Gasteiger charge is 2.26. The highest BCUT2D eigenvalue weighted by molar-refractivity contribution is 7.97. The number of carbonyl (C=O) groups excluding carboxylic acids is 2. The van der Waals surface area contributed by atoms with Crippen molar-refractivity contribution in [2.75, 3.05) is 5.32 Å². The van der Waals surface area contributed by atoms with Crippen LogP contribution in [0.15, 0.2) is 53.4 Å². The number of nitriles is 1. The van der Waals surface area contributed by atoms with Gasteiger partial charge in [-0.15, -0.1) is 0 Å². The number of nitrogens with zero attached hydrogens (tertiary/aromatic N) is 1. The summed E-state index contributed by atoms with van der Waals surface area (Å²) < 4.78 is 3.37. The topological polar surface area (TPSA) is 94.0 Å². The Morgan fingerprint density at radius 1 is 1.09 bits per heavy atom. The predicted molar refractivity (Wildman–Crippen MR) is 137 cm³/mol. The molecule has 180 valence electrons. The van der Waals surface area contributed by atoms with Crippen LogP contribution in [0.1, 0.15) is 75.2 Å². The van der Waals surface area contributed by atoms with Gasteiger partial charge in [0.2, 0.25) is 5.91 Å². The first kappa shape index (κ1) is 25.8. The summed E-state index contributed by atoms with van der Waals surface area (Å²) in [5.74, 6) is -0.144. The monoisotopic (exact) mass is 478 g/mol. The van der Waals surface area contributed by atoms with Gasteiger partial charge < -0.3 is 10.6 Å². The largest absolute Gasteiger partial charge is 0.340 e. The molecule has 1 fully saturated rings. The van der Waals surface area contributed by atoms with Crippen molar-refractivity contribution in [3.05, 3.63) is 59.7 Å². The lowest BCUT2D eigenvalue weighted by Crippen LogP contribution is -2.45. The van der Waals surface area contributed by atoms with Gasteiger partial charge in [-0.2, -0.15) is 5.26 Å². The molecule has 2 amide bonds. The molecule has 1 unspecified atom stereocenters. The SMILES string of the molecule is CC(C)(C)NSc1ccc(NC(=O)C(CC2CCCCC2)NC(=O)c2cccc(C#N)c2)cc1. The normalized spacial score (nSPS) is 15.2. The first-order valence-corrected chi connectivity index (χ1v) is 12.7. The van der Waals surface area contributed by atoms with E-state index in [1.165, 1.54) is 19.3 Å². The van der Waals surface area contributed by atoms with Gasteiger partial charge in [0, 0.05) is 21.7 Å². The molecule has 1 saturated carbocycles. The van der Waals surface area contributed by atoms with Crippen molar-refractivity contribution in [1.82, 2.24) is 10.0 Å². The van der Waals surface area contributed by atoms with E-state index < -0.39 is 6.04 Å². The molecule has 6 nitrogen and oxygen atoms in total. The van der Waals surface area contributed by atoms with Crippen LogP contribution in [0.25, 0.3) is 0 Å². The Kier molecular flexibility index (Phi) is 9.14. The fourth-order valence-corrected chi connectivity index (χ4v) is 4.70. The zero-order valence-electron chi connectivity index (χ0n) is 20.2. The predicted octanol–water partition coefficient (Wildman–Crippen LogP) is 5.66. The third kappa shape index (κ3) is 8.19. The Labute approximate surface area is 207 Å². The summed E-state index contributed by atoms with van der Waals surface area (Å²) in [4.78, 5) is 27.2. The molecule has 0 radical (unpaired) electrons. The highest BCUT2D eigenvalue weighted by atomic mass is 32.2. The first-order valence-electron chi connectivity index (χ1n) is 11.9. The van der Waals surface area contributed by atoms with Crippen LogP contribution in [0, 0.1) is 17.2 Å². The molecule has 2 aromatic rings. The lowest BCUT2D eigenvalue weighted by atomic mass is 9.84.